The first-order valence-corrected chi connectivity index (χ1v) is 9.07. The third-order valence-electron chi connectivity index (χ3n) is 4.67. The molecule has 0 radical (unpaired) electrons. The zero-order valence-corrected chi connectivity index (χ0v) is 15.0. The summed E-state index contributed by atoms with van der Waals surface area (Å²) in [5.74, 6) is 1.36. The van der Waals surface area contributed by atoms with Gasteiger partial charge in [-0.1, -0.05) is 48.5 Å². The highest BCUT2D eigenvalue weighted by Gasteiger charge is 2.22. The Morgan fingerprint density at radius 3 is 2.54 bits per heavy atom. The molecule has 0 unspecified atom stereocenters. The van der Waals surface area contributed by atoms with E-state index in [-0.39, 0.29) is 12.5 Å². The number of aliphatic imine (C=N–C) groups is 1. The van der Waals surface area contributed by atoms with Crippen LogP contribution in [0.25, 0.3) is 10.9 Å². The van der Waals surface area contributed by atoms with Crippen LogP contribution in [0.4, 0.5) is 5.69 Å². The normalized spacial score (nSPS) is 13.4. The minimum Gasteiger partial charge on any atom is -0.457 e. The monoisotopic (exact) mass is 367 g/mol. The Bertz CT molecular complexity index is 1210. The summed E-state index contributed by atoms with van der Waals surface area (Å²) in [7, 11) is 0. The van der Waals surface area contributed by atoms with Crippen molar-refractivity contribution in [1.29, 1.82) is 0 Å². The molecule has 0 bridgehead atoms. The number of hydrogen-bond acceptors (Lipinski definition) is 3. The number of carbonyl (C=O) groups is 1. The van der Waals surface area contributed by atoms with Crippen molar-refractivity contribution < 1.29 is 9.53 Å². The molecule has 1 aliphatic rings. The van der Waals surface area contributed by atoms with Gasteiger partial charge in [0.15, 0.2) is 0 Å². The minimum absolute atomic E-state index is 0.0793. The molecule has 4 aromatic rings. The third kappa shape index (κ3) is 2.93. The molecule has 0 atom stereocenters. The van der Waals surface area contributed by atoms with Gasteiger partial charge < -0.3 is 15.0 Å². The van der Waals surface area contributed by atoms with Crippen LogP contribution in [0.15, 0.2) is 83.9 Å². The number of amides is 1. The van der Waals surface area contributed by atoms with Crippen molar-refractivity contribution in [3.05, 3.63) is 90.1 Å². The van der Waals surface area contributed by atoms with E-state index in [0.29, 0.717) is 5.75 Å². The quantitative estimate of drug-likeness (QED) is 0.549. The molecular formula is C23H17N3O2. The van der Waals surface area contributed by atoms with E-state index in [1.54, 1.807) is 0 Å². The Kier molecular flexibility index (Phi) is 3.91. The number of carbonyl (C=O) groups excluding carboxylic acids is 1. The molecule has 0 saturated heterocycles. The number of H-pyrrole nitrogens is 1. The van der Waals surface area contributed by atoms with E-state index in [4.69, 9.17) is 4.74 Å². The number of nitrogens with zero attached hydrogens (tertiary/aromatic N) is 1. The van der Waals surface area contributed by atoms with E-state index < -0.39 is 0 Å². The predicted octanol–water partition coefficient (Wildman–Crippen LogP) is 4.75. The number of benzene rings is 3. The zero-order chi connectivity index (χ0) is 18.9. The molecule has 2 heterocycles. The van der Waals surface area contributed by atoms with Crippen LogP contribution >= 0.6 is 0 Å². The second-order valence-electron chi connectivity index (χ2n) is 6.58. The first-order chi connectivity index (χ1) is 13.8. The third-order valence-corrected chi connectivity index (χ3v) is 4.67. The highest BCUT2D eigenvalue weighted by molar-refractivity contribution is 6.22. The smallest absolute Gasteiger partial charge is 0.246 e. The maximum Gasteiger partial charge on any atom is 0.246 e. The molecule has 1 aliphatic heterocycles. The lowest BCUT2D eigenvalue weighted by Crippen LogP contribution is -2.13. The standard InChI is InChI=1S/C23H17N3O2/c27-20-14-24-21(23-22(26-20)18-11-4-5-12-19(18)25-23)15-7-6-10-17(13-15)28-16-8-2-1-3-9-16/h1-13,25H,14H2,(H,26,27). The van der Waals surface area contributed by atoms with Crippen LogP contribution in [0, 0.1) is 0 Å². The summed E-state index contributed by atoms with van der Waals surface area (Å²) in [6, 6.07) is 25.3. The Balaban J connectivity index is 1.60. The Morgan fingerprint density at radius 2 is 1.64 bits per heavy atom. The molecule has 0 spiro atoms. The summed E-state index contributed by atoms with van der Waals surface area (Å²) in [6.45, 7) is 0.0793. The highest BCUT2D eigenvalue weighted by Crippen LogP contribution is 2.32. The number of anilines is 1. The molecule has 5 rings (SSSR count). The van der Waals surface area contributed by atoms with Crippen LogP contribution in [-0.2, 0) is 4.79 Å². The summed E-state index contributed by atoms with van der Waals surface area (Å²) in [6.07, 6.45) is 0. The molecule has 136 valence electrons. The maximum absolute atomic E-state index is 12.2. The van der Waals surface area contributed by atoms with Gasteiger partial charge in [0.25, 0.3) is 0 Å². The Labute approximate surface area is 161 Å². The second-order valence-corrected chi connectivity index (χ2v) is 6.58. The van der Waals surface area contributed by atoms with Gasteiger partial charge in [-0.2, -0.15) is 0 Å². The Hall–Kier alpha value is -3.86. The highest BCUT2D eigenvalue weighted by atomic mass is 16.5. The van der Waals surface area contributed by atoms with E-state index in [0.717, 1.165) is 39.3 Å². The van der Waals surface area contributed by atoms with E-state index in [1.807, 2.05) is 78.9 Å². The van der Waals surface area contributed by atoms with Crippen molar-refractivity contribution in [3.63, 3.8) is 0 Å². The Morgan fingerprint density at radius 1 is 0.857 bits per heavy atom. The molecule has 28 heavy (non-hydrogen) atoms. The lowest BCUT2D eigenvalue weighted by Gasteiger charge is -2.09. The molecular weight excluding hydrogens is 350 g/mol. The number of aromatic nitrogens is 1. The van der Waals surface area contributed by atoms with Crippen molar-refractivity contribution in [3.8, 4) is 11.5 Å². The molecule has 5 heteroatoms. The van der Waals surface area contributed by atoms with Gasteiger partial charge >= 0.3 is 0 Å². The van der Waals surface area contributed by atoms with Crippen molar-refractivity contribution >= 4 is 28.2 Å². The molecule has 0 aliphatic carbocycles. The van der Waals surface area contributed by atoms with Crippen molar-refractivity contribution in [2.45, 2.75) is 0 Å². The van der Waals surface area contributed by atoms with Gasteiger partial charge in [0.2, 0.25) is 5.91 Å². The summed E-state index contributed by atoms with van der Waals surface area (Å²) in [5.41, 5.74) is 4.16. The number of nitrogens with one attached hydrogen (secondary N) is 2. The summed E-state index contributed by atoms with van der Waals surface area (Å²) < 4.78 is 5.96. The fraction of sp³-hybridized carbons (Fsp3) is 0.0435. The fourth-order valence-corrected chi connectivity index (χ4v) is 3.43. The first kappa shape index (κ1) is 16.3. The fourth-order valence-electron chi connectivity index (χ4n) is 3.43. The van der Waals surface area contributed by atoms with Gasteiger partial charge in [-0.05, 0) is 30.3 Å². The van der Waals surface area contributed by atoms with Crippen LogP contribution in [-0.4, -0.2) is 23.1 Å². The maximum atomic E-state index is 12.2. The zero-order valence-electron chi connectivity index (χ0n) is 15.0. The van der Waals surface area contributed by atoms with Crippen molar-refractivity contribution in [2.75, 3.05) is 11.9 Å². The lowest BCUT2D eigenvalue weighted by molar-refractivity contribution is -0.114. The average Bonchev–Trinajstić information content (AvgIpc) is 2.99. The van der Waals surface area contributed by atoms with E-state index >= 15 is 0 Å². The van der Waals surface area contributed by atoms with Crippen LogP contribution in [0.1, 0.15) is 11.3 Å². The van der Waals surface area contributed by atoms with E-state index in [9.17, 15) is 4.79 Å². The lowest BCUT2D eigenvalue weighted by atomic mass is 10.1. The predicted molar refractivity (Wildman–Crippen MR) is 110 cm³/mol. The van der Waals surface area contributed by atoms with Crippen LogP contribution < -0.4 is 10.1 Å². The minimum atomic E-state index is -0.127. The van der Waals surface area contributed by atoms with Gasteiger partial charge in [0.1, 0.15) is 18.0 Å². The molecule has 5 nitrogen and oxygen atoms in total. The first-order valence-electron chi connectivity index (χ1n) is 9.07. The molecule has 2 N–H and O–H groups in total. The van der Waals surface area contributed by atoms with Gasteiger partial charge in [-0.3, -0.25) is 9.79 Å². The van der Waals surface area contributed by atoms with E-state index in [2.05, 4.69) is 15.3 Å². The van der Waals surface area contributed by atoms with Gasteiger partial charge in [-0.25, -0.2) is 0 Å². The number of para-hydroxylation sites is 2. The largest absolute Gasteiger partial charge is 0.457 e. The molecule has 1 amide bonds. The summed E-state index contributed by atoms with van der Waals surface area (Å²) in [4.78, 5) is 20.2. The number of fused-ring (bicyclic) bond motifs is 3. The topological polar surface area (TPSA) is 66.5 Å². The number of aromatic amines is 1. The SMILES string of the molecule is O=C1CN=C(c2cccc(Oc3ccccc3)c2)c2[nH]c3ccccc3c2N1. The average molecular weight is 367 g/mol. The van der Waals surface area contributed by atoms with E-state index in [1.165, 1.54) is 0 Å². The van der Waals surface area contributed by atoms with Gasteiger partial charge in [0, 0.05) is 16.5 Å². The van der Waals surface area contributed by atoms with Crippen LogP contribution in [0.2, 0.25) is 0 Å². The summed E-state index contributed by atoms with van der Waals surface area (Å²) in [5, 5.41) is 3.95. The number of hydrogen-bond donors (Lipinski definition) is 2. The molecule has 0 fully saturated rings. The molecule has 1 aromatic heterocycles. The van der Waals surface area contributed by atoms with Crippen molar-refractivity contribution in [1.82, 2.24) is 4.98 Å². The number of ether oxygens (including phenoxy) is 1. The number of rotatable bonds is 3. The second kappa shape index (κ2) is 6.70. The molecule has 3 aromatic carbocycles. The molecule has 0 saturated carbocycles. The van der Waals surface area contributed by atoms with Crippen molar-refractivity contribution in [2.24, 2.45) is 4.99 Å². The van der Waals surface area contributed by atoms with Gasteiger partial charge in [0.05, 0.1) is 17.1 Å². The van der Waals surface area contributed by atoms with Gasteiger partial charge in [-0.15, -0.1) is 0 Å². The van der Waals surface area contributed by atoms with Crippen LogP contribution in [0.3, 0.4) is 0 Å². The summed E-state index contributed by atoms with van der Waals surface area (Å²) >= 11 is 0. The van der Waals surface area contributed by atoms with Crippen LogP contribution in [0.5, 0.6) is 11.5 Å².